The molecule has 2 rings (SSSR count). The minimum atomic E-state index is -1.19. The second-order valence-electron chi connectivity index (χ2n) is 4.26. The van der Waals surface area contributed by atoms with Gasteiger partial charge in [-0.3, -0.25) is 0 Å². The molecule has 0 aromatic heterocycles. The molecule has 1 aliphatic heterocycles. The molecule has 1 unspecified atom stereocenters. The zero-order valence-corrected chi connectivity index (χ0v) is 9.63. The number of halogens is 1. The van der Waals surface area contributed by atoms with E-state index < -0.39 is 5.67 Å². The predicted molar refractivity (Wildman–Crippen MR) is 62.5 cm³/mol. The summed E-state index contributed by atoms with van der Waals surface area (Å²) in [6, 6.07) is 7.37. The Hall–Kier alpha value is -1.09. The molecule has 1 aromatic rings. The van der Waals surface area contributed by atoms with Gasteiger partial charge in [0.25, 0.3) is 0 Å². The molecule has 1 heterocycles. The topological polar surface area (TPSA) is 21.3 Å². The molecule has 3 heteroatoms. The number of ether oxygens (including phenoxy) is 1. The predicted octanol–water partition coefficient (Wildman–Crippen LogP) is 2.63. The first-order chi connectivity index (χ1) is 7.74. The zero-order valence-electron chi connectivity index (χ0n) is 9.63. The Labute approximate surface area is 95.8 Å². The maximum absolute atomic E-state index is 14.3. The fraction of sp³-hybridized carbons (Fsp3) is 0.538. The van der Waals surface area contributed by atoms with Crippen molar-refractivity contribution >= 4 is 0 Å². The van der Waals surface area contributed by atoms with E-state index in [0.29, 0.717) is 19.6 Å². The smallest absolute Gasteiger partial charge is 0.149 e. The van der Waals surface area contributed by atoms with Gasteiger partial charge >= 0.3 is 0 Å². The lowest BCUT2D eigenvalue weighted by molar-refractivity contribution is 0.193. The summed E-state index contributed by atoms with van der Waals surface area (Å²) < 4.78 is 19.8. The van der Waals surface area contributed by atoms with Gasteiger partial charge in [-0.15, -0.1) is 0 Å². The second kappa shape index (κ2) is 4.83. The van der Waals surface area contributed by atoms with E-state index in [1.54, 1.807) is 0 Å². The number of rotatable bonds is 4. The third-order valence-corrected chi connectivity index (χ3v) is 2.95. The van der Waals surface area contributed by atoms with Crippen LogP contribution in [0.25, 0.3) is 0 Å². The average molecular weight is 223 g/mol. The summed E-state index contributed by atoms with van der Waals surface area (Å²) in [5.41, 5.74) is -0.440. The summed E-state index contributed by atoms with van der Waals surface area (Å²) in [4.78, 5) is 0. The van der Waals surface area contributed by atoms with Crippen molar-refractivity contribution in [1.29, 1.82) is 0 Å². The third kappa shape index (κ3) is 2.35. The molecular weight excluding hydrogens is 205 g/mol. The molecular formula is C13H18FNO. The minimum Gasteiger partial charge on any atom is -0.494 e. The van der Waals surface area contributed by atoms with Gasteiger partial charge in [0.15, 0.2) is 0 Å². The van der Waals surface area contributed by atoms with Crippen LogP contribution in [0.1, 0.15) is 25.3 Å². The van der Waals surface area contributed by atoms with Gasteiger partial charge in [-0.25, -0.2) is 4.39 Å². The second-order valence-corrected chi connectivity index (χ2v) is 4.26. The van der Waals surface area contributed by atoms with Crippen molar-refractivity contribution in [2.75, 3.05) is 19.7 Å². The van der Waals surface area contributed by atoms with Gasteiger partial charge in [-0.1, -0.05) is 19.1 Å². The molecule has 0 bridgehead atoms. The van der Waals surface area contributed by atoms with Crippen LogP contribution >= 0.6 is 0 Å². The molecule has 0 saturated carbocycles. The quantitative estimate of drug-likeness (QED) is 0.847. The van der Waals surface area contributed by atoms with E-state index in [1.807, 2.05) is 24.3 Å². The lowest BCUT2D eigenvalue weighted by Gasteiger charge is -2.18. The van der Waals surface area contributed by atoms with Crippen LogP contribution in [0.5, 0.6) is 5.75 Å². The van der Waals surface area contributed by atoms with E-state index >= 15 is 0 Å². The van der Waals surface area contributed by atoms with Gasteiger partial charge in [0.1, 0.15) is 11.4 Å². The highest BCUT2D eigenvalue weighted by atomic mass is 19.1. The summed E-state index contributed by atoms with van der Waals surface area (Å²) in [7, 11) is 0. The Kier molecular flexibility index (Phi) is 3.44. The highest BCUT2D eigenvalue weighted by molar-refractivity contribution is 5.31. The molecule has 1 atom stereocenters. The lowest BCUT2D eigenvalue weighted by atomic mass is 9.95. The van der Waals surface area contributed by atoms with Crippen LogP contribution in [0.15, 0.2) is 24.3 Å². The van der Waals surface area contributed by atoms with Crippen molar-refractivity contribution in [3.05, 3.63) is 29.8 Å². The van der Waals surface area contributed by atoms with Crippen molar-refractivity contribution in [2.24, 2.45) is 0 Å². The number of nitrogens with one attached hydrogen (secondary N) is 1. The fourth-order valence-electron chi connectivity index (χ4n) is 1.98. The first kappa shape index (κ1) is 11.4. The first-order valence-corrected chi connectivity index (χ1v) is 5.87. The molecule has 1 saturated heterocycles. The van der Waals surface area contributed by atoms with Crippen molar-refractivity contribution in [1.82, 2.24) is 5.32 Å². The first-order valence-electron chi connectivity index (χ1n) is 5.87. The van der Waals surface area contributed by atoms with E-state index in [9.17, 15) is 4.39 Å². The summed E-state index contributed by atoms with van der Waals surface area (Å²) in [5.74, 6) is 0.820. The molecule has 0 spiro atoms. The molecule has 1 N–H and O–H groups in total. The summed E-state index contributed by atoms with van der Waals surface area (Å²) >= 11 is 0. The number of benzene rings is 1. The van der Waals surface area contributed by atoms with Crippen LogP contribution < -0.4 is 10.1 Å². The van der Waals surface area contributed by atoms with Gasteiger partial charge in [0.2, 0.25) is 0 Å². The largest absolute Gasteiger partial charge is 0.494 e. The molecule has 1 aromatic carbocycles. The van der Waals surface area contributed by atoms with Crippen molar-refractivity contribution in [3.8, 4) is 5.75 Å². The summed E-state index contributed by atoms with van der Waals surface area (Å²) in [6.07, 6.45) is 1.54. The van der Waals surface area contributed by atoms with E-state index in [-0.39, 0.29) is 0 Å². The van der Waals surface area contributed by atoms with Crippen molar-refractivity contribution in [2.45, 2.75) is 25.4 Å². The third-order valence-electron chi connectivity index (χ3n) is 2.95. The minimum absolute atomic E-state index is 0.419. The van der Waals surface area contributed by atoms with Crippen LogP contribution in [-0.2, 0) is 5.67 Å². The zero-order chi connectivity index (χ0) is 11.4. The highest BCUT2D eigenvalue weighted by Crippen LogP contribution is 2.32. The number of alkyl halides is 1. The van der Waals surface area contributed by atoms with Crippen LogP contribution in [0.4, 0.5) is 4.39 Å². The highest BCUT2D eigenvalue weighted by Gasteiger charge is 2.35. The van der Waals surface area contributed by atoms with E-state index in [1.165, 1.54) is 0 Å². The number of hydrogen-bond donors (Lipinski definition) is 1. The summed E-state index contributed by atoms with van der Waals surface area (Å²) in [6.45, 7) is 3.95. The Morgan fingerprint density at radius 3 is 2.69 bits per heavy atom. The molecule has 0 amide bonds. The SMILES string of the molecule is CCCOc1ccc(C2(F)CCNC2)cc1. The van der Waals surface area contributed by atoms with Gasteiger partial charge < -0.3 is 10.1 Å². The van der Waals surface area contributed by atoms with Crippen LogP contribution in [-0.4, -0.2) is 19.7 Å². The van der Waals surface area contributed by atoms with Crippen LogP contribution in [0.3, 0.4) is 0 Å². The maximum atomic E-state index is 14.3. The van der Waals surface area contributed by atoms with E-state index in [4.69, 9.17) is 4.74 Å². The Balaban J connectivity index is 2.06. The monoisotopic (exact) mass is 223 g/mol. The van der Waals surface area contributed by atoms with Crippen LogP contribution in [0.2, 0.25) is 0 Å². The molecule has 0 aliphatic carbocycles. The number of hydrogen-bond acceptors (Lipinski definition) is 2. The normalized spacial score (nSPS) is 24.6. The molecule has 88 valence electrons. The average Bonchev–Trinajstić information content (AvgIpc) is 2.75. The fourth-order valence-corrected chi connectivity index (χ4v) is 1.98. The standard InChI is InChI=1S/C13H18FNO/c1-2-9-16-12-5-3-11(4-6-12)13(14)7-8-15-10-13/h3-6,15H,2,7-10H2,1H3. The molecule has 1 aliphatic rings. The van der Waals surface area contributed by atoms with Gasteiger partial charge in [-0.05, 0) is 37.1 Å². The summed E-state index contributed by atoms with van der Waals surface area (Å²) in [5, 5.41) is 3.05. The maximum Gasteiger partial charge on any atom is 0.149 e. The van der Waals surface area contributed by atoms with Crippen molar-refractivity contribution in [3.63, 3.8) is 0 Å². The van der Waals surface area contributed by atoms with Gasteiger partial charge in [0, 0.05) is 6.54 Å². The van der Waals surface area contributed by atoms with Crippen LogP contribution in [0, 0.1) is 0 Å². The Morgan fingerprint density at radius 2 is 2.12 bits per heavy atom. The molecule has 2 nitrogen and oxygen atoms in total. The van der Waals surface area contributed by atoms with Crippen molar-refractivity contribution < 1.29 is 9.13 Å². The Morgan fingerprint density at radius 1 is 1.38 bits per heavy atom. The molecule has 16 heavy (non-hydrogen) atoms. The van der Waals surface area contributed by atoms with E-state index in [0.717, 1.165) is 24.3 Å². The Bertz CT molecular complexity index is 330. The van der Waals surface area contributed by atoms with E-state index in [2.05, 4.69) is 12.2 Å². The lowest BCUT2D eigenvalue weighted by Crippen LogP contribution is -2.23. The molecule has 0 radical (unpaired) electrons. The van der Waals surface area contributed by atoms with Gasteiger partial charge in [0.05, 0.1) is 6.61 Å². The molecule has 1 fully saturated rings. The van der Waals surface area contributed by atoms with Gasteiger partial charge in [-0.2, -0.15) is 0 Å².